The highest BCUT2D eigenvalue weighted by Crippen LogP contribution is 2.19. The van der Waals surface area contributed by atoms with Crippen molar-refractivity contribution in [3.05, 3.63) is 64.1 Å². The molecular formula is C14H9BrO4. The van der Waals surface area contributed by atoms with Crippen molar-refractivity contribution in [3.63, 3.8) is 0 Å². The molecule has 0 aliphatic rings. The average molecular weight is 321 g/mol. The Morgan fingerprint density at radius 1 is 1.00 bits per heavy atom. The molecule has 2 rings (SSSR count). The molecule has 0 bridgehead atoms. The van der Waals surface area contributed by atoms with Crippen LogP contribution in [-0.4, -0.2) is 17.0 Å². The van der Waals surface area contributed by atoms with Crippen molar-refractivity contribution >= 4 is 27.9 Å². The average Bonchev–Trinajstić information content (AvgIpc) is 2.39. The molecule has 0 amide bonds. The fourth-order valence-electron chi connectivity index (χ4n) is 1.45. The predicted molar refractivity (Wildman–Crippen MR) is 72.5 cm³/mol. The second-order valence-corrected chi connectivity index (χ2v) is 4.55. The Morgan fingerprint density at radius 3 is 2.21 bits per heavy atom. The second-order valence-electron chi connectivity index (χ2n) is 3.70. The zero-order valence-corrected chi connectivity index (χ0v) is 11.3. The molecule has 0 atom stereocenters. The molecule has 0 aromatic heterocycles. The molecule has 5 heteroatoms. The van der Waals surface area contributed by atoms with E-state index in [1.807, 2.05) is 0 Å². The molecule has 96 valence electrons. The number of hydrogen-bond donors (Lipinski definition) is 1. The van der Waals surface area contributed by atoms with Crippen molar-refractivity contribution in [3.8, 4) is 5.75 Å². The smallest absolute Gasteiger partial charge is 0.344 e. The third-order valence-corrected chi connectivity index (χ3v) is 3.10. The quantitative estimate of drug-likeness (QED) is 0.695. The molecule has 0 aliphatic heterocycles. The lowest BCUT2D eigenvalue weighted by molar-refractivity contribution is 0.0696. The van der Waals surface area contributed by atoms with E-state index >= 15 is 0 Å². The van der Waals surface area contributed by atoms with Gasteiger partial charge in [-0.15, -0.1) is 0 Å². The zero-order valence-electron chi connectivity index (χ0n) is 9.67. The predicted octanol–water partition coefficient (Wildman–Crippen LogP) is 3.37. The van der Waals surface area contributed by atoms with Gasteiger partial charge in [-0.2, -0.15) is 0 Å². The van der Waals surface area contributed by atoms with Gasteiger partial charge >= 0.3 is 11.9 Å². The lowest BCUT2D eigenvalue weighted by Gasteiger charge is -2.05. The topological polar surface area (TPSA) is 63.6 Å². The maximum absolute atomic E-state index is 11.9. The summed E-state index contributed by atoms with van der Waals surface area (Å²) < 4.78 is 5.80. The van der Waals surface area contributed by atoms with Crippen LogP contribution in [0.4, 0.5) is 0 Å². The number of aromatic carboxylic acids is 1. The van der Waals surface area contributed by atoms with Crippen molar-refractivity contribution in [1.29, 1.82) is 0 Å². The maximum Gasteiger partial charge on any atom is 0.344 e. The number of carboxylic acids is 1. The van der Waals surface area contributed by atoms with Gasteiger partial charge in [-0.3, -0.25) is 0 Å². The molecule has 0 spiro atoms. The van der Waals surface area contributed by atoms with Crippen molar-refractivity contribution in [2.45, 2.75) is 0 Å². The summed E-state index contributed by atoms with van der Waals surface area (Å²) >= 11 is 3.26. The minimum Gasteiger partial charge on any atom is -0.478 e. The van der Waals surface area contributed by atoms with E-state index in [0.717, 1.165) is 0 Å². The zero-order chi connectivity index (χ0) is 13.8. The van der Waals surface area contributed by atoms with Crippen LogP contribution >= 0.6 is 15.9 Å². The van der Waals surface area contributed by atoms with Gasteiger partial charge in [0.1, 0.15) is 5.75 Å². The molecule has 4 nitrogen and oxygen atoms in total. The number of esters is 1. The van der Waals surface area contributed by atoms with Gasteiger partial charge in [0.2, 0.25) is 0 Å². The monoisotopic (exact) mass is 320 g/mol. The molecule has 0 aliphatic carbocycles. The summed E-state index contributed by atoms with van der Waals surface area (Å²) in [4.78, 5) is 22.6. The van der Waals surface area contributed by atoms with E-state index in [1.54, 1.807) is 24.3 Å². The molecule has 0 heterocycles. The number of carbonyl (C=O) groups excluding carboxylic acids is 1. The van der Waals surface area contributed by atoms with Crippen molar-refractivity contribution in [2.24, 2.45) is 0 Å². The minimum absolute atomic E-state index is 0.140. The van der Waals surface area contributed by atoms with Crippen LogP contribution in [-0.2, 0) is 0 Å². The van der Waals surface area contributed by atoms with E-state index in [2.05, 4.69) is 15.9 Å². The molecule has 0 saturated carbocycles. The lowest BCUT2D eigenvalue weighted by Crippen LogP contribution is -2.09. The Hall–Kier alpha value is -2.14. The molecule has 0 unspecified atom stereocenters. The van der Waals surface area contributed by atoms with Gasteiger partial charge in [-0.1, -0.05) is 12.1 Å². The van der Waals surface area contributed by atoms with Crippen LogP contribution in [0.1, 0.15) is 20.7 Å². The number of rotatable bonds is 3. The Morgan fingerprint density at radius 2 is 1.63 bits per heavy atom. The third kappa shape index (κ3) is 3.20. The Kier molecular flexibility index (Phi) is 3.97. The highest BCUT2D eigenvalue weighted by molar-refractivity contribution is 9.10. The fourth-order valence-corrected chi connectivity index (χ4v) is 1.90. The van der Waals surface area contributed by atoms with Crippen LogP contribution in [0.5, 0.6) is 5.75 Å². The Bertz CT molecular complexity index is 620. The van der Waals surface area contributed by atoms with Gasteiger partial charge in [-0.05, 0) is 52.3 Å². The van der Waals surface area contributed by atoms with E-state index in [1.165, 1.54) is 24.3 Å². The van der Waals surface area contributed by atoms with Gasteiger partial charge in [0, 0.05) is 4.47 Å². The van der Waals surface area contributed by atoms with E-state index in [0.29, 0.717) is 15.8 Å². The molecule has 2 aromatic rings. The first-order valence-corrected chi connectivity index (χ1v) is 6.17. The molecule has 0 saturated heterocycles. The number of ether oxygens (including phenoxy) is 1. The van der Waals surface area contributed by atoms with Gasteiger partial charge in [0.15, 0.2) is 0 Å². The van der Waals surface area contributed by atoms with Crippen LogP contribution in [0.25, 0.3) is 0 Å². The Balaban J connectivity index is 2.15. The molecule has 1 N–H and O–H groups in total. The van der Waals surface area contributed by atoms with Crippen LogP contribution in [0.2, 0.25) is 0 Å². The van der Waals surface area contributed by atoms with Gasteiger partial charge in [-0.25, -0.2) is 9.59 Å². The maximum atomic E-state index is 11.9. The highest BCUT2D eigenvalue weighted by atomic mass is 79.9. The van der Waals surface area contributed by atoms with Crippen LogP contribution in [0.3, 0.4) is 0 Å². The third-order valence-electron chi connectivity index (χ3n) is 2.41. The standard InChI is InChI=1S/C14H9BrO4/c15-12-4-2-1-3-11(12)14(18)19-10-7-5-9(6-8-10)13(16)17/h1-8H,(H,16,17). The molecule has 2 aromatic carbocycles. The summed E-state index contributed by atoms with van der Waals surface area (Å²) in [6, 6.07) is 12.5. The molecule has 0 radical (unpaired) electrons. The summed E-state index contributed by atoms with van der Waals surface area (Å²) in [5, 5.41) is 8.76. The summed E-state index contributed by atoms with van der Waals surface area (Å²) in [5.74, 6) is -1.23. The summed E-state index contributed by atoms with van der Waals surface area (Å²) in [6.45, 7) is 0. The number of hydrogen-bond acceptors (Lipinski definition) is 3. The largest absolute Gasteiger partial charge is 0.478 e. The first-order valence-electron chi connectivity index (χ1n) is 5.38. The number of halogens is 1. The van der Waals surface area contributed by atoms with Crippen LogP contribution < -0.4 is 4.74 Å². The number of carbonyl (C=O) groups is 2. The SMILES string of the molecule is O=C(O)c1ccc(OC(=O)c2ccccc2Br)cc1. The molecule has 19 heavy (non-hydrogen) atoms. The van der Waals surface area contributed by atoms with Gasteiger partial charge in [0.25, 0.3) is 0 Å². The number of carboxylic acid groups (broad SMARTS) is 1. The summed E-state index contributed by atoms with van der Waals surface area (Å²) in [5.41, 5.74) is 0.547. The van der Waals surface area contributed by atoms with E-state index < -0.39 is 11.9 Å². The normalized spacial score (nSPS) is 9.95. The van der Waals surface area contributed by atoms with Crippen molar-refractivity contribution in [2.75, 3.05) is 0 Å². The second kappa shape index (κ2) is 5.67. The van der Waals surface area contributed by atoms with E-state index in [4.69, 9.17) is 9.84 Å². The van der Waals surface area contributed by atoms with Gasteiger partial charge in [0.05, 0.1) is 11.1 Å². The summed E-state index contributed by atoms with van der Waals surface area (Å²) in [6.07, 6.45) is 0. The molecular weight excluding hydrogens is 312 g/mol. The Labute approximate surface area is 117 Å². The van der Waals surface area contributed by atoms with E-state index in [9.17, 15) is 9.59 Å². The van der Waals surface area contributed by atoms with Crippen LogP contribution in [0, 0.1) is 0 Å². The molecule has 0 fully saturated rings. The van der Waals surface area contributed by atoms with Crippen molar-refractivity contribution in [1.82, 2.24) is 0 Å². The summed E-state index contributed by atoms with van der Waals surface area (Å²) in [7, 11) is 0. The van der Waals surface area contributed by atoms with Crippen molar-refractivity contribution < 1.29 is 19.4 Å². The first kappa shape index (κ1) is 13.3. The first-order chi connectivity index (χ1) is 9.08. The lowest BCUT2D eigenvalue weighted by atomic mass is 10.2. The van der Waals surface area contributed by atoms with E-state index in [-0.39, 0.29) is 5.56 Å². The van der Waals surface area contributed by atoms with Crippen LogP contribution in [0.15, 0.2) is 53.0 Å². The van der Waals surface area contributed by atoms with Gasteiger partial charge < -0.3 is 9.84 Å². The minimum atomic E-state index is -1.02. The fraction of sp³-hybridized carbons (Fsp3) is 0. The highest BCUT2D eigenvalue weighted by Gasteiger charge is 2.12. The number of benzene rings is 2.